The van der Waals surface area contributed by atoms with Gasteiger partial charge in [-0.05, 0) is 39.8 Å². The van der Waals surface area contributed by atoms with Crippen molar-refractivity contribution in [3.05, 3.63) is 24.3 Å². The van der Waals surface area contributed by atoms with E-state index in [1.54, 1.807) is 0 Å². The van der Waals surface area contributed by atoms with Crippen molar-refractivity contribution in [2.75, 3.05) is 5.75 Å². The van der Waals surface area contributed by atoms with E-state index in [2.05, 4.69) is 9.97 Å². The maximum absolute atomic E-state index is 12.3. The highest BCUT2D eigenvalue weighted by Gasteiger charge is 2.20. The molecule has 108 valence electrons. The third-order valence-corrected chi connectivity index (χ3v) is 3.96. The lowest BCUT2D eigenvalue weighted by Crippen LogP contribution is -2.43. The molecule has 0 unspecified atom stereocenters. The minimum atomic E-state index is 0.153. The first kappa shape index (κ1) is 14.9. The van der Waals surface area contributed by atoms with Crippen molar-refractivity contribution in [2.24, 2.45) is 0 Å². The summed E-state index contributed by atoms with van der Waals surface area (Å²) >= 11 is 1.46. The van der Waals surface area contributed by atoms with Crippen molar-refractivity contribution in [1.29, 1.82) is 0 Å². The van der Waals surface area contributed by atoms with Crippen molar-refractivity contribution in [3.8, 4) is 0 Å². The molecule has 1 amide bonds. The Bertz CT molecular complexity index is 551. The molecule has 1 aromatic heterocycles. The summed E-state index contributed by atoms with van der Waals surface area (Å²) in [4.78, 5) is 21.9. The van der Waals surface area contributed by atoms with Gasteiger partial charge in [-0.3, -0.25) is 4.79 Å². The topological polar surface area (TPSA) is 49.0 Å². The molecule has 0 bridgehead atoms. The van der Waals surface area contributed by atoms with Crippen LogP contribution in [0.25, 0.3) is 11.0 Å². The van der Waals surface area contributed by atoms with Gasteiger partial charge in [-0.2, -0.15) is 0 Å². The van der Waals surface area contributed by atoms with E-state index in [0.717, 1.165) is 16.2 Å². The van der Waals surface area contributed by atoms with Crippen LogP contribution in [-0.2, 0) is 4.79 Å². The molecule has 0 aliphatic rings. The van der Waals surface area contributed by atoms with Crippen LogP contribution in [0.3, 0.4) is 0 Å². The normalized spacial score (nSPS) is 11.5. The van der Waals surface area contributed by atoms with Crippen molar-refractivity contribution in [1.82, 2.24) is 14.9 Å². The SMILES string of the molecule is CC(C)N(C(=O)CSc1nc2ccccc2[nH]1)C(C)C. The number of hydrogen-bond donors (Lipinski definition) is 1. The van der Waals surface area contributed by atoms with Gasteiger partial charge in [-0.1, -0.05) is 23.9 Å². The fourth-order valence-corrected chi connectivity index (χ4v) is 3.13. The van der Waals surface area contributed by atoms with E-state index < -0.39 is 0 Å². The second kappa shape index (κ2) is 6.31. The summed E-state index contributed by atoms with van der Waals surface area (Å²) < 4.78 is 0. The third kappa shape index (κ3) is 3.33. The number of nitrogens with one attached hydrogen (secondary N) is 1. The number of imidazole rings is 1. The number of amides is 1. The van der Waals surface area contributed by atoms with Crippen LogP contribution < -0.4 is 0 Å². The lowest BCUT2D eigenvalue weighted by Gasteiger charge is -2.30. The number of nitrogens with zero attached hydrogens (tertiary/aromatic N) is 2. The lowest BCUT2D eigenvalue weighted by atomic mass is 10.2. The van der Waals surface area contributed by atoms with Crippen LogP contribution in [0, 0.1) is 0 Å². The van der Waals surface area contributed by atoms with Gasteiger partial charge in [0.05, 0.1) is 16.8 Å². The van der Waals surface area contributed by atoms with E-state index in [1.807, 2.05) is 56.9 Å². The lowest BCUT2D eigenvalue weighted by molar-refractivity contribution is -0.131. The van der Waals surface area contributed by atoms with E-state index in [1.165, 1.54) is 11.8 Å². The van der Waals surface area contributed by atoms with Gasteiger partial charge >= 0.3 is 0 Å². The molecular formula is C15H21N3OS. The van der Waals surface area contributed by atoms with Gasteiger partial charge in [-0.25, -0.2) is 4.98 Å². The Kier molecular flexibility index (Phi) is 4.70. The molecule has 2 aromatic rings. The first-order valence-corrected chi connectivity index (χ1v) is 7.86. The zero-order valence-corrected chi connectivity index (χ0v) is 13.2. The van der Waals surface area contributed by atoms with Crippen LogP contribution in [0.1, 0.15) is 27.7 Å². The fourth-order valence-electron chi connectivity index (χ4n) is 2.37. The number of para-hydroxylation sites is 2. The van der Waals surface area contributed by atoms with Gasteiger partial charge in [0.1, 0.15) is 0 Å². The Labute approximate surface area is 124 Å². The Morgan fingerprint density at radius 2 is 1.90 bits per heavy atom. The summed E-state index contributed by atoms with van der Waals surface area (Å²) in [6.07, 6.45) is 0. The van der Waals surface area contributed by atoms with Gasteiger partial charge in [0.2, 0.25) is 5.91 Å². The third-order valence-electron chi connectivity index (χ3n) is 3.10. The van der Waals surface area contributed by atoms with Crippen LogP contribution in [0.4, 0.5) is 0 Å². The summed E-state index contributed by atoms with van der Waals surface area (Å²) in [5.74, 6) is 0.566. The standard InChI is InChI=1S/C15H21N3OS/c1-10(2)18(11(3)4)14(19)9-20-15-16-12-7-5-6-8-13(12)17-15/h5-8,10-11H,9H2,1-4H3,(H,16,17). The molecule has 20 heavy (non-hydrogen) atoms. The molecule has 0 aliphatic carbocycles. The van der Waals surface area contributed by atoms with Gasteiger partial charge < -0.3 is 9.88 Å². The van der Waals surface area contributed by atoms with E-state index in [4.69, 9.17) is 0 Å². The number of aromatic nitrogens is 2. The molecule has 4 nitrogen and oxygen atoms in total. The van der Waals surface area contributed by atoms with Crippen LogP contribution in [0.5, 0.6) is 0 Å². The molecule has 2 rings (SSSR count). The monoisotopic (exact) mass is 291 g/mol. The van der Waals surface area contributed by atoms with Crippen LogP contribution in [0.15, 0.2) is 29.4 Å². The highest BCUT2D eigenvalue weighted by atomic mass is 32.2. The Hall–Kier alpha value is -1.49. The van der Waals surface area contributed by atoms with E-state index >= 15 is 0 Å². The zero-order chi connectivity index (χ0) is 14.7. The molecule has 0 saturated carbocycles. The summed E-state index contributed by atoms with van der Waals surface area (Å²) in [5.41, 5.74) is 1.94. The number of H-pyrrole nitrogens is 1. The first-order valence-electron chi connectivity index (χ1n) is 6.87. The predicted octanol–water partition coefficient (Wildman–Crippen LogP) is 3.30. The van der Waals surface area contributed by atoms with E-state index in [0.29, 0.717) is 5.75 Å². The molecule has 1 aromatic carbocycles. The highest BCUT2D eigenvalue weighted by molar-refractivity contribution is 7.99. The van der Waals surface area contributed by atoms with Crippen LogP contribution in [0.2, 0.25) is 0 Å². The van der Waals surface area contributed by atoms with E-state index in [9.17, 15) is 4.79 Å². The quantitative estimate of drug-likeness (QED) is 0.860. The zero-order valence-electron chi connectivity index (χ0n) is 12.4. The van der Waals surface area contributed by atoms with Gasteiger partial charge in [-0.15, -0.1) is 0 Å². The maximum Gasteiger partial charge on any atom is 0.233 e. The molecule has 1 N–H and O–H groups in total. The Balaban J connectivity index is 2.02. The van der Waals surface area contributed by atoms with Crippen molar-refractivity contribution in [3.63, 3.8) is 0 Å². The molecule has 0 aliphatic heterocycles. The van der Waals surface area contributed by atoms with Crippen LogP contribution in [-0.4, -0.2) is 38.6 Å². The summed E-state index contributed by atoms with van der Waals surface area (Å²) in [6.45, 7) is 8.18. The minimum Gasteiger partial charge on any atom is -0.337 e. The Morgan fingerprint density at radius 3 is 2.50 bits per heavy atom. The second-order valence-corrected chi connectivity index (χ2v) is 6.30. The van der Waals surface area contributed by atoms with Crippen molar-refractivity contribution in [2.45, 2.75) is 44.9 Å². The molecular weight excluding hydrogens is 270 g/mol. The number of aromatic amines is 1. The Morgan fingerprint density at radius 1 is 1.25 bits per heavy atom. The number of fused-ring (bicyclic) bond motifs is 1. The number of carbonyl (C=O) groups is 1. The molecule has 0 atom stereocenters. The minimum absolute atomic E-state index is 0.153. The highest BCUT2D eigenvalue weighted by Crippen LogP contribution is 2.20. The molecule has 0 fully saturated rings. The van der Waals surface area contributed by atoms with Gasteiger partial charge in [0.15, 0.2) is 5.16 Å². The number of carbonyl (C=O) groups excluding carboxylic acids is 1. The number of hydrogen-bond acceptors (Lipinski definition) is 3. The molecule has 0 saturated heterocycles. The smallest absolute Gasteiger partial charge is 0.233 e. The summed E-state index contributed by atoms with van der Waals surface area (Å²) in [7, 11) is 0. The predicted molar refractivity (Wildman–Crippen MR) is 83.9 cm³/mol. The van der Waals surface area contributed by atoms with Crippen LogP contribution >= 0.6 is 11.8 Å². The van der Waals surface area contributed by atoms with Gasteiger partial charge in [0.25, 0.3) is 0 Å². The number of benzene rings is 1. The van der Waals surface area contributed by atoms with E-state index in [-0.39, 0.29) is 18.0 Å². The summed E-state index contributed by atoms with van der Waals surface area (Å²) in [5, 5.41) is 0.798. The molecule has 0 spiro atoms. The molecule has 1 heterocycles. The second-order valence-electron chi connectivity index (χ2n) is 5.34. The molecule has 0 radical (unpaired) electrons. The first-order chi connectivity index (χ1) is 9.49. The summed E-state index contributed by atoms with van der Waals surface area (Å²) in [6, 6.07) is 8.33. The number of thioether (sulfide) groups is 1. The largest absolute Gasteiger partial charge is 0.337 e. The maximum atomic E-state index is 12.3. The molecule has 5 heteroatoms. The number of rotatable bonds is 5. The van der Waals surface area contributed by atoms with Crippen molar-refractivity contribution >= 4 is 28.7 Å². The van der Waals surface area contributed by atoms with Gasteiger partial charge in [0, 0.05) is 12.1 Å². The van der Waals surface area contributed by atoms with Crippen molar-refractivity contribution < 1.29 is 4.79 Å². The average Bonchev–Trinajstić information content (AvgIpc) is 2.78. The fraction of sp³-hybridized carbons (Fsp3) is 0.467. The average molecular weight is 291 g/mol.